The predicted molar refractivity (Wildman–Crippen MR) is 101 cm³/mol. The molecule has 0 radical (unpaired) electrons. The predicted octanol–water partition coefficient (Wildman–Crippen LogP) is 4.26. The number of benzene rings is 1. The summed E-state index contributed by atoms with van der Waals surface area (Å²) >= 11 is 1.46. The van der Waals surface area contributed by atoms with Crippen LogP contribution in [0.3, 0.4) is 0 Å². The average molecular weight is 348 g/mol. The number of para-hydroxylation sites is 1. The molecule has 1 N–H and O–H groups in total. The molecule has 0 spiro atoms. The first-order valence-electron chi connectivity index (χ1n) is 7.87. The molecule has 5 nitrogen and oxygen atoms in total. The van der Waals surface area contributed by atoms with Gasteiger partial charge in [-0.1, -0.05) is 24.3 Å². The van der Waals surface area contributed by atoms with E-state index in [0.29, 0.717) is 11.5 Å². The summed E-state index contributed by atoms with van der Waals surface area (Å²) in [6.45, 7) is 1.91. The summed E-state index contributed by atoms with van der Waals surface area (Å²) in [5.41, 5.74) is 3.46. The SMILES string of the molecule is Cc1cccnc1NC(=O)c1csc(-c2cc3ccccc3n2C)n1. The number of anilines is 1. The number of amides is 1. The monoisotopic (exact) mass is 348 g/mol. The van der Waals surface area contributed by atoms with Crippen LogP contribution in [0, 0.1) is 6.92 Å². The molecule has 0 unspecified atom stereocenters. The third-order valence-electron chi connectivity index (χ3n) is 4.15. The Labute approximate surface area is 149 Å². The van der Waals surface area contributed by atoms with Crippen molar-refractivity contribution in [3.63, 3.8) is 0 Å². The van der Waals surface area contributed by atoms with E-state index in [1.807, 2.05) is 38.2 Å². The summed E-state index contributed by atoms with van der Waals surface area (Å²) in [6, 6.07) is 14.0. The fourth-order valence-electron chi connectivity index (χ4n) is 2.78. The molecule has 1 amide bonds. The van der Waals surface area contributed by atoms with E-state index in [-0.39, 0.29) is 5.91 Å². The molecule has 0 saturated carbocycles. The standard InChI is InChI=1S/C19H16N4OS/c1-12-6-5-9-20-17(12)22-18(24)14-11-25-19(21-14)16-10-13-7-3-4-8-15(13)23(16)2/h3-11H,1-2H3,(H,20,22,24). The van der Waals surface area contributed by atoms with Crippen molar-refractivity contribution in [3.05, 3.63) is 65.3 Å². The first-order valence-corrected chi connectivity index (χ1v) is 8.75. The number of thiazole rings is 1. The van der Waals surface area contributed by atoms with Gasteiger partial charge in [0, 0.05) is 29.5 Å². The van der Waals surface area contributed by atoms with Crippen molar-refractivity contribution >= 4 is 34.0 Å². The van der Waals surface area contributed by atoms with Crippen LogP contribution in [-0.2, 0) is 7.05 Å². The third kappa shape index (κ3) is 2.81. The van der Waals surface area contributed by atoms with Gasteiger partial charge < -0.3 is 9.88 Å². The highest BCUT2D eigenvalue weighted by Crippen LogP contribution is 2.29. The van der Waals surface area contributed by atoms with Crippen LogP contribution in [0.4, 0.5) is 5.82 Å². The van der Waals surface area contributed by atoms with Gasteiger partial charge in [-0.2, -0.15) is 0 Å². The molecule has 0 aliphatic carbocycles. The molecule has 3 aromatic heterocycles. The Morgan fingerprint density at radius 1 is 1.20 bits per heavy atom. The minimum absolute atomic E-state index is 0.247. The normalized spacial score (nSPS) is 11.0. The van der Waals surface area contributed by atoms with Crippen LogP contribution in [-0.4, -0.2) is 20.4 Å². The topological polar surface area (TPSA) is 59.8 Å². The molecule has 0 aliphatic heterocycles. The van der Waals surface area contributed by atoms with Gasteiger partial charge in [0.2, 0.25) is 0 Å². The molecule has 4 rings (SSSR count). The number of rotatable bonds is 3. The number of aromatic nitrogens is 3. The second kappa shape index (κ2) is 6.14. The van der Waals surface area contributed by atoms with Gasteiger partial charge in [-0.3, -0.25) is 4.79 Å². The minimum atomic E-state index is -0.247. The van der Waals surface area contributed by atoms with Crippen molar-refractivity contribution in [3.8, 4) is 10.7 Å². The van der Waals surface area contributed by atoms with Crippen LogP contribution in [0.1, 0.15) is 16.1 Å². The molecule has 6 heteroatoms. The highest BCUT2D eigenvalue weighted by atomic mass is 32.1. The zero-order valence-corrected chi connectivity index (χ0v) is 14.7. The van der Waals surface area contributed by atoms with Crippen LogP contribution in [0.2, 0.25) is 0 Å². The zero-order valence-electron chi connectivity index (χ0n) is 13.9. The lowest BCUT2D eigenvalue weighted by Crippen LogP contribution is -2.14. The lowest BCUT2D eigenvalue weighted by molar-refractivity contribution is 0.102. The number of hydrogen-bond donors (Lipinski definition) is 1. The number of hydrogen-bond acceptors (Lipinski definition) is 4. The number of aryl methyl sites for hydroxylation is 2. The van der Waals surface area contributed by atoms with E-state index >= 15 is 0 Å². The highest BCUT2D eigenvalue weighted by Gasteiger charge is 2.16. The maximum Gasteiger partial charge on any atom is 0.276 e. The largest absolute Gasteiger partial charge is 0.342 e. The van der Waals surface area contributed by atoms with Crippen molar-refractivity contribution in [1.29, 1.82) is 0 Å². The lowest BCUT2D eigenvalue weighted by atomic mass is 10.2. The summed E-state index contributed by atoms with van der Waals surface area (Å²) in [5.74, 6) is 0.315. The Bertz CT molecular complexity index is 1080. The molecule has 0 atom stereocenters. The third-order valence-corrected chi connectivity index (χ3v) is 5.01. The van der Waals surface area contributed by atoms with E-state index in [1.54, 1.807) is 11.6 Å². The number of pyridine rings is 1. The van der Waals surface area contributed by atoms with Crippen molar-refractivity contribution < 1.29 is 4.79 Å². The van der Waals surface area contributed by atoms with Gasteiger partial charge >= 0.3 is 0 Å². The fourth-order valence-corrected chi connectivity index (χ4v) is 3.63. The average Bonchev–Trinajstić information content (AvgIpc) is 3.22. The van der Waals surface area contributed by atoms with Crippen molar-refractivity contribution in [2.75, 3.05) is 5.32 Å². The molecule has 0 bridgehead atoms. The number of nitrogens with zero attached hydrogens (tertiary/aromatic N) is 3. The van der Waals surface area contributed by atoms with E-state index in [0.717, 1.165) is 27.2 Å². The maximum atomic E-state index is 12.5. The van der Waals surface area contributed by atoms with Gasteiger partial charge in [0.1, 0.15) is 16.5 Å². The Morgan fingerprint density at radius 2 is 2.04 bits per heavy atom. The molecular weight excluding hydrogens is 332 g/mol. The van der Waals surface area contributed by atoms with Gasteiger partial charge in [0.15, 0.2) is 0 Å². The van der Waals surface area contributed by atoms with Gasteiger partial charge in [-0.05, 0) is 30.7 Å². The quantitative estimate of drug-likeness (QED) is 0.602. The first-order chi connectivity index (χ1) is 12.1. The molecule has 1 aromatic carbocycles. The van der Waals surface area contributed by atoms with Crippen LogP contribution < -0.4 is 5.32 Å². The van der Waals surface area contributed by atoms with Crippen molar-refractivity contribution in [2.24, 2.45) is 7.05 Å². The molecule has 0 fully saturated rings. The van der Waals surface area contributed by atoms with Crippen LogP contribution >= 0.6 is 11.3 Å². The Kier molecular flexibility index (Phi) is 3.82. The van der Waals surface area contributed by atoms with Crippen molar-refractivity contribution in [1.82, 2.24) is 14.5 Å². The molecule has 0 aliphatic rings. The molecule has 4 aromatic rings. The number of carbonyl (C=O) groups excluding carboxylic acids is 1. The zero-order chi connectivity index (χ0) is 17.4. The van der Waals surface area contributed by atoms with Crippen molar-refractivity contribution in [2.45, 2.75) is 6.92 Å². The maximum absolute atomic E-state index is 12.5. The molecule has 25 heavy (non-hydrogen) atoms. The van der Waals surface area contributed by atoms with Crippen LogP contribution in [0.15, 0.2) is 54.0 Å². The van der Waals surface area contributed by atoms with Gasteiger partial charge in [0.05, 0.1) is 5.69 Å². The first kappa shape index (κ1) is 15.5. The van der Waals surface area contributed by atoms with Crippen LogP contribution in [0.25, 0.3) is 21.6 Å². The Hall–Kier alpha value is -2.99. The van der Waals surface area contributed by atoms with E-state index < -0.39 is 0 Å². The molecular formula is C19H16N4OS. The second-order valence-electron chi connectivity index (χ2n) is 5.81. The summed E-state index contributed by atoms with van der Waals surface area (Å²) in [5, 5.41) is 6.58. The molecule has 3 heterocycles. The van der Waals surface area contributed by atoms with Crippen LogP contribution in [0.5, 0.6) is 0 Å². The Balaban J connectivity index is 1.64. The number of carbonyl (C=O) groups is 1. The summed E-state index contributed by atoms with van der Waals surface area (Å²) in [6.07, 6.45) is 1.66. The van der Waals surface area contributed by atoms with Gasteiger partial charge in [-0.15, -0.1) is 11.3 Å². The minimum Gasteiger partial charge on any atom is -0.342 e. The van der Waals surface area contributed by atoms with E-state index in [1.165, 1.54) is 11.3 Å². The summed E-state index contributed by atoms with van der Waals surface area (Å²) in [4.78, 5) is 21.2. The van der Waals surface area contributed by atoms with Gasteiger partial charge in [-0.25, -0.2) is 9.97 Å². The smallest absolute Gasteiger partial charge is 0.276 e. The number of fused-ring (bicyclic) bond motifs is 1. The summed E-state index contributed by atoms with van der Waals surface area (Å²) in [7, 11) is 2.01. The van der Waals surface area contributed by atoms with Gasteiger partial charge in [0.25, 0.3) is 5.91 Å². The second-order valence-corrected chi connectivity index (χ2v) is 6.67. The summed E-state index contributed by atoms with van der Waals surface area (Å²) < 4.78 is 2.10. The van der Waals surface area contributed by atoms with E-state index in [4.69, 9.17) is 0 Å². The molecule has 0 saturated heterocycles. The fraction of sp³-hybridized carbons (Fsp3) is 0.105. The number of nitrogens with one attached hydrogen (secondary N) is 1. The lowest BCUT2D eigenvalue weighted by Gasteiger charge is -2.04. The molecule has 124 valence electrons. The highest BCUT2D eigenvalue weighted by molar-refractivity contribution is 7.13. The van der Waals surface area contributed by atoms with E-state index in [2.05, 4.69) is 38.1 Å². The van der Waals surface area contributed by atoms with E-state index in [9.17, 15) is 4.79 Å². The Morgan fingerprint density at radius 3 is 2.84 bits per heavy atom.